The van der Waals surface area contributed by atoms with Crippen molar-refractivity contribution in [3.63, 3.8) is 0 Å². The molecule has 2 aromatic rings. The van der Waals surface area contributed by atoms with E-state index in [1.165, 1.54) is 25.7 Å². The fraction of sp³-hybridized carbons (Fsp3) is 0.467. The Hall–Kier alpha value is -2.04. The van der Waals surface area contributed by atoms with Crippen LogP contribution < -0.4 is 5.73 Å². The Labute approximate surface area is 116 Å². The van der Waals surface area contributed by atoms with Crippen molar-refractivity contribution < 1.29 is 9.63 Å². The molecular formula is C15H17N3O2. The van der Waals surface area contributed by atoms with Crippen molar-refractivity contribution in [1.29, 1.82) is 0 Å². The van der Waals surface area contributed by atoms with E-state index < -0.39 is 0 Å². The van der Waals surface area contributed by atoms with E-state index in [1.54, 1.807) is 18.2 Å². The lowest BCUT2D eigenvalue weighted by Gasteiger charge is -2.17. The standard InChI is InChI=1S/C15H17N3O2/c16-12-3-1-2-10(13(12)19)15-17-14(18-20-15)11-7-8-4-5-9(11)6-8/h1-3,8-9,11,19H,4-7,16H2. The summed E-state index contributed by atoms with van der Waals surface area (Å²) in [5, 5.41) is 14.1. The quantitative estimate of drug-likeness (QED) is 0.648. The molecule has 1 aromatic heterocycles. The Morgan fingerprint density at radius 3 is 2.90 bits per heavy atom. The normalized spacial score (nSPS) is 28.1. The fourth-order valence-corrected chi connectivity index (χ4v) is 3.79. The van der Waals surface area contributed by atoms with Gasteiger partial charge in [-0.25, -0.2) is 0 Å². The number of phenolic OH excluding ortho intramolecular Hbond substituents is 1. The molecule has 0 amide bonds. The van der Waals surface area contributed by atoms with Crippen LogP contribution in [0, 0.1) is 11.8 Å². The van der Waals surface area contributed by atoms with Crippen molar-refractivity contribution in [2.45, 2.75) is 31.6 Å². The zero-order valence-corrected chi connectivity index (χ0v) is 11.1. The molecule has 4 rings (SSSR count). The van der Waals surface area contributed by atoms with Crippen LogP contribution in [-0.2, 0) is 0 Å². The van der Waals surface area contributed by atoms with E-state index in [2.05, 4.69) is 10.1 Å². The van der Waals surface area contributed by atoms with Crippen LogP contribution in [0.1, 0.15) is 37.4 Å². The molecule has 2 fully saturated rings. The fourth-order valence-electron chi connectivity index (χ4n) is 3.79. The maximum Gasteiger partial charge on any atom is 0.261 e. The minimum Gasteiger partial charge on any atom is -0.505 e. The van der Waals surface area contributed by atoms with E-state index in [0.717, 1.165) is 11.7 Å². The molecular weight excluding hydrogens is 254 g/mol. The number of nitrogens with two attached hydrogens (primary N) is 1. The van der Waals surface area contributed by atoms with Gasteiger partial charge in [0.2, 0.25) is 0 Å². The molecule has 1 aromatic carbocycles. The summed E-state index contributed by atoms with van der Waals surface area (Å²) in [4.78, 5) is 4.49. The number of hydrogen-bond donors (Lipinski definition) is 2. The van der Waals surface area contributed by atoms with Gasteiger partial charge in [-0.05, 0) is 43.2 Å². The average molecular weight is 271 g/mol. The van der Waals surface area contributed by atoms with Crippen molar-refractivity contribution in [2.75, 3.05) is 5.73 Å². The van der Waals surface area contributed by atoms with E-state index >= 15 is 0 Å². The van der Waals surface area contributed by atoms with Crippen molar-refractivity contribution in [1.82, 2.24) is 10.1 Å². The van der Waals surface area contributed by atoms with E-state index in [0.29, 0.717) is 29.0 Å². The SMILES string of the molecule is Nc1cccc(-c2nc(C3CC4CCC3C4)no2)c1O. The summed E-state index contributed by atoms with van der Waals surface area (Å²) in [6.45, 7) is 0. The first-order valence-electron chi connectivity index (χ1n) is 7.14. The lowest BCUT2D eigenvalue weighted by atomic mass is 9.88. The summed E-state index contributed by atoms with van der Waals surface area (Å²) in [6, 6.07) is 5.15. The van der Waals surface area contributed by atoms with Gasteiger partial charge in [-0.2, -0.15) is 4.98 Å². The summed E-state index contributed by atoms with van der Waals surface area (Å²) < 4.78 is 5.33. The van der Waals surface area contributed by atoms with E-state index in [4.69, 9.17) is 10.3 Å². The van der Waals surface area contributed by atoms with E-state index in [-0.39, 0.29) is 5.75 Å². The molecule has 5 heteroatoms. The predicted molar refractivity (Wildman–Crippen MR) is 74.0 cm³/mol. The molecule has 0 spiro atoms. The molecule has 3 atom stereocenters. The molecule has 2 saturated carbocycles. The summed E-state index contributed by atoms with van der Waals surface area (Å²) in [5.74, 6) is 3.12. The summed E-state index contributed by atoms with van der Waals surface area (Å²) >= 11 is 0. The van der Waals surface area contributed by atoms with Gasteiger partial charge in [-0.3, -0.25) is 0 Å². The maximum atomic E-state index is 9.98. The molecule has 2 aliphatic carbocycles. The minimum atomic E-state index is 0.00985. The highest BCUT2D eigenvalue weighted by atomic mass is 16.5. The second-order valence-corrected chi connectivity index (χ2v) is 5.98. The largest absolute Gasteiger partial charge is 0.505 e. The first kappa shape index (κ1) is 11.8. The monoisotopic (exact) mass is 271 g/mol. The van der Waals surface area contributed by atoms with Gasteiger partial charge in [0.1, 0.15) is 0 Å². The molecule has 2 bridgehead atoms. The van der Waals surface area contributed by atoms with Gasteiger partial charge in [0, 0.05) is 5.92 Å². The van der Waals surface area contributed by atoms with Crippen molar-refractivity contribution in [3.05, 3.63) is 24.0 Å². The average Bonchev–Trinajstić information content (AvgIpc) is 3.16. The third-order valence-corrected chi connectivity index (χ3v) is 4.81. The van der Waals surface area contributed by atoms with Crippen LogP contribution in [-0.4, -0.2) is 15.2 Å². The Morgan fingerprint density at radius 1 is 1.25 bits per heavy atom. The van der Waals surface area contributed by atoms with Crippen LogP contribution in [0.3, 0.4) is 0 Å². The molecule has 5 nitrogen and oxygen atoms in total. The number of para-hydroxylation sites is 1. The molecule has 20 heavy (non-hydrogen) atoms. The molecule has 3 N–H and O–H groups in total. The number of hydrogen-bond acceptors (Lipinski definition) is 5. The van der Waals surface area contributed by atoms with Crippen LogP contribution in [0.15, 0.2) is 22.7 Å². The molecule has 3 unspecified atom stereocenters. The number of fused-ring (bicyclic) bond motifs is 2. The number of nitrogen functional groups attached to an aromatic ring is 1. The number of aromatic nitrogens is 2. The highest BCUT2D eigenvalue weighted by Crippen LogP contribution is 2.52. The lowest BCUT2D eigenvalue weighted by molar-refractivity contribution is 0.371. The number of anilines is 1. The summed E-state index contributed by atoms with van der Waals surface area (Å²) in [5.41, 5.74) is 6.52. The number of benzene rings is 1. The maximum absolute atomic E-state index is 9.98. The van der Waals surface area contributed by atoms with Crippen molar-refractivity contribution in [2.24, 2.45) is 11.8 Å². The van der Waals surface area contributed by atoms with E-state index in [1.807, 2.05) is 0 Å². The molecule has 1 heterocycles. The van der Waals surface area contributed by atoms with Crippen LogP contribution in [0.2, 0.25) is 0 Å². The van der Waals surface area contributed by atoms with Crippen molar-refractivity contribution >= 4 is 5.69 Å². The zero-order valence-electron chi connectivity index (χ0n) is 11.1. The highest BCUT2D eigenvalue weighted by molar-refractivity contribution is 5.71. The molecule has 0 radical (unpaired) electrons. The third kappa shape index (κ3) is 1.69. The second-order valence-electron chi connectivity index (χ2n) is 5.98. The van der Waals surface area contributed by atoms with Gasteiger partial charge < -0.3 is 15.4 Å². The van der Waals surface area contributed by atoms with Gasteiger partial charge in [0.15, 0.2) is 11.6 Å². The first-order valence-corrected chi connectivity index (χ1v) is 7.14. The van der Waals surface area contributed by atoms with Crippen LogP contribution in [0.25, 0.3) is 11.5 Å². The minimum absolute atomic E-state index is 0.00985. The van der Waals surface area contributed by atoms with Gasteiger partial charge in [-0.1, -0.05) is 17.6 Å². The Balaban J connectivity index is 1.67. The van der Waals surface area contributed by atoms with Gasteiger partial charge in [-0.15, -0.1) is 0 Å². The predicted octanol–water partition coefficient (Wildman–Crippen LogP) is 2.93. The summed E-state index contributed by atoms with van der Waals surface area (Å²) in [7, 11) is 0. The molecule has 104 valence electrons. The lowest BCUT2D eigenvalue weighted by Crippen LogP contribution is -2.09. The zero-order chi connectivity index (χ0) is 13.7. The number of nitrogens with zero attached hydrogens (tertiary/aromatic N) is 2. The topological polar surface area (TPSA) is 85.2 Å². The second kappa shape index (κ2) is 4.23. The van der Waals surface area contributed by atoms with E-state index in [9.17, 15) is 5.11 Å². The third-order valence-electron chi connectivity index (χ3n) is 4.81. The number of rotatable bonds is 2. The van der Waals surface area contributed by atoms with Gasteiger partial charge >= 0.3 is 0 Å². The Morgan fingerprint density at radius 2 is 2.15 bits per heavy atom. The molecule has 0 saturated heterocycles. The van der Waals surface area contributed by atoms with Crippen LogP contribution >= 0.6 is 0 Å². The smallest absolute Gasteiger partial charge is 0.261 e. The first-order chi connectivity index (χ1) is 9.72. The Kier molecular flexibility index (Phi) is 2.49. The number of aromatic hydroxyl groups is 1. The Bertz CT molecular complexity index is 652. The number of phenols is 1. The van der Waals surface area contributed by atoms with Crippen molar-refractivity contribution in [3.8, 4) is 17.2 Å². The molecule has 0 aliphatic heterocycles. The molecule has 2 aliphatic rings. The summed E-state index contributed by atoms with van der Waals surface area (Å²) in [6.07, 6.45) is 5.11. The van der Waals surface area contributed by atoms with Crippen LogP contribution in [0.4, 0.5) is 5.69 Å². The van der Waals surface area contributed by atoms with Gasteiger partial charge in [0.25, 0.3) is 5.89 Å². The highest BCUT2D eigenvalue weighted by Gasteiger charge is 2.42. The van der Waals surface area contributed by atoms with Gasteiger partial charge in [0.05, 0.1) is 11.3 Å². The van der Waals surface area contributed by atoms with Crippen LogP contribution in [0.5, 0.6) is 5.75 Å².